The number of hydrogen-bond acceptors (Lipinski definition) is 2. The predicted octanol–water partition coefficient (Wildman–Crippen LogP) is 19.2. The Morgan fingerprint density at radius 1 is 0.463 bits per heavy atom. The average molecular weight is 865 g/mol. The number of nitrogens with zero attached hydrogens (tertiary/aromatic N) is 2. The van der Waals surface area contributed by atoms with E-state index < -0.39 is 0 Å². The van der Waals surface area contributed by atoms with Crippen molar-refractivity contribution in [3.05, 3.63) is 249 Å². The van der Waals surface area contributed by atoms with Gasteiger partial charge in [0.2, 0.25) is 0 Å². The first-order chi connectivity index (χ1) is 33.1. The third-order valence-electron chi connectivity index (χ3n) is 12.7. The van der Waals surface area contributed by atoms with Crippen molar-refractivity contribution in [1.82, 2.24) is 0 Å². The highest BCUT2D eigenvalue weighted by atomic mass is 15.1. The average Bonchev–Trinajstić information content (AvgIpc) is 3.40. The van der Waals surface area contributed by atoms with E-state index in [2.05, 4.69) is 231 Å². The molecule has 0 heterocycles. The van der Waals surface area contributed by atoms with Crippen molar-refractivity contribution in [3.63, 3.8) is 0 Å². The van der Waals surface area contributed by atoms with Gasteiger partial charge in [-0.25, -0.2) is 0 Å². The van der Waals surface area contributed by atoms with E-state index in [0.717, 1.165) is 46.8 Å². The van der Waals surface area contributed by atoms with Gasteiger partial charge in [0.15, 0.2) is 0 Å². The van der Waals surface area contributed by atoms with Gasteiger partial charge in [-0.15, -0.1) is 0 Å². The largest absolute Gasteiger partial charge is 0.342 e. The van der Waals surface area contributed by atoms with E-state index in [1.807, 2.05) is 44.2 Å². The van der Waals surface area contributed by atoms with E-state index in [1.165, 1.54) is 75.9 Å². The number of allylic oxidation sites excluding steroid dienone is 7. The highest BCUT2D eigenvalue weighted by Gasteiger charge is 2.21. The highest BCUT2D eigenvalue weighted by molar-refractivity contribution is 6.39. The van der Waals surface area contributed by atoms with Crippen LogP contribution >= 0.6 is 0 Å². The van der Waals surface area contributed by atoms with Crippen LogP contribution < -0.4 is 9.80 Å². The molecule has 2 nitrogen and oxygen atoms in total. The van der Waals surface area contributed by atoms with Gasteiger partial charge in [-0.1, -0.05) is 204 Å². The number of rotatable bonds is 9. The quantitative estimate of drug-likeness (QED) is 0.133. The van der Waals surface area contributed by atoms with Gasteiger partial charge < -0.3 is 9.80 Å². The molecule has 0 radical (unpaired) electrons. The van der Waals surface area contributed by atoms with Crippen LogP contribution in [0.4, 0.5) is 28.4 Å². The smallest absolute Gasteiger partial charge is 0.0540 e. The molecule has 0 aromatic heterocycles. The Morgan fingerprint density at radius 2 is 0.955 bits per heavy atom. The zero-order valence-corrected chi connectivity index (χ0v) is 38.8. The Balaban J connectivity index is 0.000000456. The minimum Gasteiger partial charge on any atom is -0.342 e. The molecule has 0 fully saturated rings. The molecule has 11 rings (SSSR count). The Hall–Kier alpha value is -8.20. The van der Waals surface area contributed by atoms with Crippen LogP contribution in [0.15, 0.2) is 238 Å². The Morgan fingerprint density at radius 3 is 1.51 bits per heavy atom. The van der Waals surface area contributed by atoms with Crippen molar-refractivity contribution in [2.75, 3.05) is 16.3 Å². The van der Waals surface area contributed by atoms with Crippen LogP contribution in [-0.2, 0) is 0 Å². The summed E-state index contributed by atoms with van der Waals surface area (Å²) in [4.78, 5) is 4.81. The van der Waals surface area contributed by atoms with Crippen molar-refractivity contribution >= 4 is 105 Å². The monoisotopic (exact) mass is 864 g/mol. The van der Waals surface area contributed by atoms with Crippen LogP contribution in [0.25, 0.3) is 76.8 Å². The van der Waals surface area contributed by atoms with Gasteiger partial charge in [0.05, 0.1) is 5.69 Å². The van der Waals surface area contributed by atoms with Crippen LogP contribution in [0.5, 0.6) is 0 Å². The molecule has 0 saturated carbocycles. The molecule has 10 aromatic carbocycles. The summed E-state index contributed by atoms with van der Waals surface area (Å²) in [6.45, 7) is 18.7. The Kier molecular flexibility index (Phi) is 13.1. The number of hydrogen-bond donors (Lipinski definition) is 0. The van der Waals surface area contributed by atoms with Gasteiger partial charge in [0.25, 0.3) is 0 Å². The van der Waals surface area contributed by atoms with E-state index in [4.69, 9.17) is 0 Å². The summed E-state index contributed by atoms with van der Waals surface area (Å²) in [5, 5.41) is 15.0. The lowest BCUT2D eigenvalue weighted by Crippen LogP contribution is -2.15. The molecule has 67 heavy (non-hydrogen) atoms. The first kappa shape index (κ1) is 44.0. The third kappa shape index (κ3) is 8.47. The van der Waals surface area contributed by atoms with Crippen LogP contribution in [0, 0.1) is 0 Å². The number of benzene rings is 10. The van der Waals surface area contributed by atoms with Gasteiger partial charge in [-0.3, -0.25) is 0 Å². The second kappa shape index (κ2) is 19.9. The van der Waals surface area contributed by atoms with Crippen molar-refractivity contribution in [2.24, 2.45) is 0 Å². The lowest BCUT2D eigenvalue weighted by atomic mass is 9.86. The maximum atomic E-state index is 4.02. The molecule has 0 bridgehead atoms. The van der Waals surface area contributed by atoms with Gasteiger partial charge >= 0.3 is 0 Å². The predicted molar refractivity (Wildman–Crippen MR) is 298 cm³/mol. The molecule has 0 spiro atoms. The second-order valence-electron chi connectivity index (χ2n) is 16.4. The van der Waals surface area contributed by atoms with E-state index in [9.17, 15) is 0 Å². The maximum absolute atomic E-state index is 4.02. The van der Waals surface area contributed by atoms with E-state index in [1.54, 1.807) is 0 Å². The second-order valence-corrected chi connectivity index (χ2v) is 16.4. The molecule has 2 heteroatoms. The molecule has 1 aliphatic rings. The topological polar surface area (TPSA) is 6.48 Å². The van der Waals surface area contributed by atoms with Gasteiger partial charge in [0.1, 0.15) is 0 Å². The first-order valence-corrected chi connectivity index (χ1v) is 23.5. The molecule has 0 amide bonds. The van der Waals surface area contributed by atoms with Crippen LogP contribution in [0.2, 0.25) is 0 Å². The molecular weight excluding hydrogens is 809 g/mol. The summed E-state index contributed by atoms with van der Waals surface area (Å²) in [6.07, 6.45) is 17.0. The molecule has 0 N–H and O–H groups in total. The maximum Gasteiger partial charge on any atom is 0.0540 e. The molecule has 0 unspecified atom stereocenters. The summed E-state index contributed by atoms with van der Waals surface area (Å²) >= 11 is 0. The van der Waals surface area contributed by atoms with Crippen molar-refractivity contribution in [2.45, 2.75) is 27.2 Å². The summed E-state index contributed by atoms with van der Waals surface area (Å²) < 4.78 is 0. The van der Waals surface area contributed by atoms with E-state index in [-0.39, 0.29) is 0 Å². The molecular formula is C65H56N2. The minimum atomic E-state index is 0.843. The van der Waals surface area contributed by atoms with Crippen LogP contribution in [0.3, 0.4) is 0 Å². The van der Waals surface area contributed by atoms with Crippen LogP contribution in [-0.4, -0.2) is 6.54 Å². The number of anilines is 5. The molecule has 1 aliphatic carbocycles. The normalized spacial score (nSPS) is 12.5. The lowest BCUT2D eigenvalue weighted by molar-refractivity contribution is 1.03. The standard InChI is InChI=1S/C54H40N2.C9H10.C2H6/c1-4-36-22-26-39(27-23-36)55(6-3)41-30-32-46-44-17-9-12-20-49(44)54-51-35-42(31-33-47(51)45-18-10-11-19-48(45)53(54)50(46)34-41)56(40-28-24-37(5-2)25-29-40)52-21-13-15-38-14-7-8-16-43(38)52;1-2-6-9-7-4-3-5-8-9;1-2/h4-5,7-35H,1-2,6H2,3H3;2-7H,1,8H2;1-2H3/b;9-6-;. The first-order valence-electron chi connectivity index (χ1n) is 23.5. The number of fused-ring (bicyclic) bond motifs is 12. The van der Waals surface area contributed by atoms with Crippen molar-refractivity contribution in [1.29, 1.82) is 0 Å². The molecule has 326 valence electrons. The fourth-order valence-electron chi connectivity index (χ4n) is 9.66. The molecule has 10 aromatic rings. The zero-order valence-electron chi connectivity index (χ0n) is 38.8. The zero-order chi connectivity index (χ0) is 46.3. The van der Waals surface area contributed by atoms with E-state index >= 15 is 0 Å². The fraction of sp³-hybridized carbons (Fsp3) is 0.0769. The Bertz CT molecular complexity index is 3540. The van der Waals surface area contributed by atoms with Gasteiger partial charge in [0, 0.05) is 34.7 Å². The summed E-state index contributed by atoms with van der Waals surface area (Å²) in [5.74, 6) is 0. The minimum absolute atomic E-state index is 0.843. The Labute approximate surface area is 395 Å². The summed E-state index contributed by atoms with van der Waals surface area (Å²) in [5.41, 5.74) is 9.21. The summed E-state index contributed by atoms with van der Waals surface area (Å²) in [6, 6.07) is 64.6. The van der Waals surface area contributed by atoms with E-state index in [0.29, 0.717) is 0 Å². The van der Waals surface area contributed by atoms with Crippen molar-refractivity contribution < 1.29 is 0 Å². The lowest BCUT2D eigenvalue weighted by Gasteiger charge is -2.28. The molecule has 0 aliphatic heterocycles. The fourth-order valence-corrected chi connectivity index (χ4v) is 9.66. The molecule has 0 atom stereocenters. The van der Waals surface area contributed by atoms with Crippen LogP contribution in [0.1, 0.15) is 38.3 Å². The SMILES string of the molecule is C=C/C=C1/C=CC=CC1.C=Cc1ccc(N(CC)c2ccc3c4ccccc4c4c5cc(N(c6ccc(C=C)cc6)c6cccc7ccccc67)ccc5c5ccccc5c4c3c2)cc1.CC. The highest BCUT2D eigenvalue weighted by Crippen LogP contribution is 2.47. The van der Waals surface area contributed by atoms with Gasteiger partial charge in [-0.2, -0.15) is 0 Å². The molecule has 0 saturated heterocycles. The van der Waals surface area contributed by atoms with Gasteiger partial charge in [-0.05, 0) is 144 Å². The summed E-state index contributed by atoms with van der Waals surface area (Å²) in [7, 11) is 0. The third-order valence-corrected chi connectivity index (χ3v) is 12.7. The van der Waals surface area contributed by atoms with Crippen molar-refractivity contribution in [3.8, 4) is 0 Å².